The first kappa shape index (κ1) is 26.6. The number of nitrogens with zero attached hydrogens (tertiary/aromatic N) is 2. The van der Waals surface area contributed by atoms with Gasteiger partial charge in [-0.15, -0.1) is 0 Å². The molecule has 3 aromatic carbocycles. The fourth-order valence-electron chi connectivity index (χ4n) is 4.48. The van der Waals surface area contributed by atoms with Crippen molar-refractivity contribution in [1.82, 2.24) is 5.01 Å². The monoisotopic (exact) mass is 522 g/mol. The van der Waals surface area contributed by atoms with E-state index in [1.54, 1.807) is 42.5 Å². The molecule has 196 valence electrons. The Balaban J connectivity index is 2.01. The molecule has 3 aromatic rings. The van der Waals surface area contributed by atoms with Crippen LogP contribution in [0.2, 0.25) is 0 Å². The van der Waals surface area contributed by atoms with E-state index >= 15 is 0 Å². The maximum atomic E-state index is 14.1. The van der Waals surface area contributed by atoms with Gasteiger partial charge in [-0.25, -0.2) is 10.9 Å². The zero-order valence-electron chi connectivity index (χ0n) is 20.7. The molecule has 4 rings (SSSR count). The Morgan fingerprint density at radius 3 is 2.13 bits per heavy atom. The fourth-order valence-corrected chi connectivity index (χ4v) is 4.48. The van der Waals surface area contributed by atoms with Crippen molar-refractivity contribution in [2.24, 2.45) is 11.6 Å². The standard InChI is InChI=1S/C28H25F3N4O3/c1-16-12-17(2)14-20(13-16)34-22-15-19(28(29,30)31)8-9-21(22)25(27(34)38)26(18-6-4-3-5-7-18)35(33)24(37)11-10-23(32)36/h3-9,12-15H,10-11,33H2,1-2H3,(H2,32,36)/b26-25-. The van der Waals surface area contributed by atoms with E-state index < -0.39 is 29.5 Å². The lowest BCUT2D eigenvalue weighted by molar-refractivity contribution is -0.137. The maximum absolute atomic E-state index is 14.1. The highest BCUT2D eigenvalue weighted by Crippen LogP contribution is 2.47. The van der Waals surface area contributed by atoms with Gasteiger partial charge in [-0.2, -0.15) is 13.2 Å². The molecule has 0 aromatic heterocycles. The van der Waals surface area contributed by atoms with Gasteiger partial charge in [0, 0.05) is 29.7 Å². The molecule has 0 atom stereocenters. The molecule has 0 bridgehead atoms. The van der Waals surface area contributed by atoms with E-state index in [2.05, 4.69) is 0 Å². The van der Waals surface area contributed by atoms with Crippen molar-refractivity contribution in [3.63, 3.8) is 0 Å². The third-order valence-corrected chi connectivity index (χ3v) is 6.10. The first-order valence-corrected chi connectivity index (χ1v) is 11.7. The molecule has 0 radical (unpaired) electrons. The van der Waals surface area contributed by atoms with Crippen LogP contribution in [0.4, 0.5) is 24.5 Å². The largest absolute Gasteiger partial charge is 0.416 e. The number of hydrazine groups is 1. The molecule has 38 heavy (non-hydrogen) atoms. The highest BCUT2D eigenvalue weighted by Gasteiger charge is 2.40. The number of halogens is 3. The Kier molecular flexibility index (Phi) is 7.10. The SMILES string of the molecule is Cc1cc(C)cc(N2C(=O)/C(=C(/c3ccccc3)N(N)C(=O)CCC(N)=O)c3ccc(C(F)(F)F)cc32)c1. The molecule has 1 aliphatic heterocycles. The smallest absolute Gasteiger partial charge is 0.370 e. The summed E-state index contributed by atoms with van der Waals surface area (Å²) < 4.78 is 41.1. The molecule has 0 unspecified atom stereocenters. The van der Waals surface area contributed by atoms with Gasteiger partial charge in [0.1, 0.15) is 0 Å². The van der Waals surface area contributed by atoms with Crippen LogP contribution in [-0.4, -0.2) is 22.7 Å². The van der Waals surface area contributed by atoms with Crippen LogP contribution in [0.5, 0.6) is 0 Å². The predicted molar refractivity (Wildman–Crippen MR) is 137 cm³/mol. The van der Waals surface area contributed by atoms with Crippen LogP contribution >= 0.6 is 0 Å². The van der Waals surface area contributed by atoms with Crippen LogP contribution in [-0.2, 0) is 20.6 Å². The number of aryl methyl sites for hydroxylation is 2. The predicted octanol–water partition coefficient (Wildman–Crippen LogP) is 4.84. The Labute approximate surface area is 217 Å². The van der Waals surface area contributed by atoms with E-state index in [9.17, 15) is 27.6 Å². The fraction of sp³-hybridized carbons (Fsp3) is 0.179. The van der Waals surface area contributed by atoms with Gasteiger partial charge in [0.25, 0.3) is 5.91 Å². The molecule has 4 N–H and O–H groups in total. The molecular weight excluding hydrogens is 497 g/mol. The number of hydrogen-bond donors (Lipinski definition) is 2. The molecular formula is C28H25F3N4O3. The topological polar surface area (TPSA) is 110 Å². The normalized spacial score (nSPS) is 14.4. The molecule has 0 spiro atoms. The van der Waals surface area contributed by atoms with Crippen molar-refractivity contribution in [3.05, 3.63) is 94.5 Å². The quantitative estimate of drug-likeness (QED) is 0.209. The van der Waals surface area contributed by atoms with E-state index in [1.165, 1.54) is 11.0 Å². The van der Waals surface area contributed by atoms with E-state index in [0.29, 0.717) is 11.3 Å². The molecule has 3 amide bonds. The molecule has 10 heteroatoms. The summed E-state index contributed by atoms with van der Waals surface area (Å²) in [5, 5.41) is 0.762. The van der Waals surface area contributed by atoms with E-state index in [-0.39, 0.29) is 35.4 Å². The molecule has 7 nitrogen and oxygen atoms in total. The van der Waals surface area contributed by atoms with Crippen molar-refractivity contribution >= 4 is 40.4 Å². The first-order valence-electron chi connectivity index (χ1n) is 11.7. The van der Waals surface area contributed by atoms with Crippen LogP contribution in [0.15, 0.2) is 66.7 Å². The number of fused-ring (bicyclic) bond motifs is 1. The van der Waals surface area contributed by atoms with Gasteiger partial charge in [-0.05, 0) is 49.2 Å². The number of carbonyl (C=O) groups excluding carboxylic acids is 3. The maximum Gasteiger partial charge on any atom is 0.416 e. The molecule has 0 aliphatic carbocycles. The number of benzene rings is 3. The van der Waals surface area contributed by atoms with Gasteiger partial charge in [0.05, 0.1) is 22.5 Å². The number of anilines is 2. The number of alkyl halides is 3. The van der Waals surface area contributed by atoms with Crippen molar-refractivity contribution in [1.29, 1.82) is 0 Å². The van der Waals surface area contributed by atoms with E-state index in [0.717, 1.165) is 28.3 Å². The summed E-state index contributed by atoms with van der Waals surface area (Å²) in [6.07, 6.45) is -5.23. The molecule has 0 saturated carbocycles. The summed E-state index contributed by atoms with van der Waals surface area (Å²) in [5.74, 6) is 4.18. The molecule has 0 fully saturated rings. The third-order valence-electron chi connectivity index (χ3n) is 6.10. The lowest BCUT2D eigenvalue weighted by Gasteiger charge is -2.23. The van der Waals surface area contributed by atoms with Crippen molar-refractivity contribution in [3.8, 4) is 0 Å². The van der Waals surface area contributed by atoms with Crippen LogP contribution < -0.4 is 16.5 Å². The van der Waals surface area contributed by atoms with Gasteiger partial charge in [0.2, 0.25) is 11.8 Å². The summed E-state index contributed by atoms with van der Waals surface area (Å²) >= 11 is 0. The average molecular weight is 523 g/mol. The highest BCUT2D eigenvalue weighted by atomic mass is 19.4. The van der Waals surface area contributed by atoms with Gasteiger partial charge >= 0.3 is 6.18 Å². The number of hydrogen-bond acceptors (Lipinski definition) is 4. The zero-order valence-corrected chi connectivity index (χ0v) is 20.7. The molecule has 0 saturated heterocycles. The number of nitrogens with two attached hydrogens (primary N) is 2. The van der Waals surface area contributed by atoms with Gasteiger partial charge in [0.15, 0.2) is 0 Å². The second-order valence-corrected chi connectivity index (χ2v) is 9.04. The lowest BCUT2D eigenvalue weighted by atomic mass is 9.98. The van der Waals surface area contributed by atoms with Crippen molar-refractivity contribution in [2.75, 3.05) is 4.90 Å². The lowest BCUT2D eigenvalue weighted by Crippen LogP contribution is -2.37. The number of amides is 3. The van der Waals surface area contributed by atoms with Crippen LogP contribution in [0.1, 0.15) is 40.7 Å². The summed E-state index contributed by atoms with van der Waals surface area (Å²) in [7, 11) is 0. The van der Waals surface area contributed by atoms with Crippen molar-refractivity contribution in [2.45, 2.75) is 32.9 Å². The summed E-state index contributed by atoms with van der Waals surface area (Å²) in [6.45, 7) is 3.63. The Hall–Kier alpha value is -4.44. The van der Waals surface area contributed by atoms with E-state index in [1.807, 2.05) is 19.9 Å². The van der Waals surface area contributed by atoms with Gasteiger partial charge < -0.3 is 5.73 Å². The zero-order chi connectivity index (χ0) is 27.8. The Bertz CT molecular complexity index is 1450. The minimum Gasteiger partial charge on any atom is -0.370 e. The third kappa shape index (κ3) is 5.16. The van der Waals surface area contributed by atoms with Crippen LogP contribution in [0.25, 0.3) is 11.3 Å². The minimum atomic E-state index is -4.65. The number of primary amides is 1. The first-order chi connectivity index (χ1) is 17.9. The van der Waals surface area contributed by atoms with Crippen molar-refractivity contribution < 1.29 is 27.6 Å². The highest BCUT2D eigenvalue weighted by molar-refractivity contribution is 6.40. The second-order valence-electron chi connectivity index (χ2n) is 9.04. The van der Waals surface area contributed by atoms with Gasteiger partial charge in [-0.3, -0.25) is 19.3 Å². The number of rotatable bonds is 6. The average Bonchev–Trinajstić information content (AvgIpc) is 3.13. The Morgan fingerprint density at radius 1 is 0.921 bits per heavy atom. The summed E-state index contributed by atoms with van der Waals surface area (Å²) in [4.78, 5) is 39.5. The van der Waals surface area contributed by atoms with Crippen LogP contribution in [0.3, 0.4) is 0 Å². The minimum absolute atomic E-state index is 0.00189. The number of carbonyl (C=O) groups is 3. The second kappa shape index (κ2) is 10.1. The van der Waals surface area contributed by atoms with Gasteiger partial charge in [-0.1, -0.05) is 42.5 Å². The summed E-state index contributed by atoms with van der Waals surface area (Å²) in [6, 6.07) is 16.6. The summed E-state index contributed by atoms with van der Waals surface area (Å²) in [5.41, 5.74) is 6.77. The molecule has 1 aliphatic rings. The van der Waals surface area contributed by atoms with E-state index in [4.69, 9.17) is 11.6 Å². The molecule has 1 heterocycles. The van der Waals surface area contributed by atoms with Crippen LogP contribution in [0, 0.1) is 13.8 Å². The Morgan fingerprint density at radius 2 is 1.55 bits per heavy atom.